The minimum absolute atomic E-state index is 0.204. The van der Waals surface area contributed by atoms with Gasteiger partial charge >= 0.3 is 6.09 Å². The number of carbonyl (C=O) groups excluding carboxylic acids is 1. The van der Waals surface area contributed by atoms with Crippen molar-refractivity contribution in [1.29, 1.82) is 0 Å². The molecule has 1 unspecified atom stereocenters. The second kappa shape index (κ2) is 9.02. The van der Waals surface area contributed by atoms with Crippen LogP contribution in [0.5, 0.6) is 0 Å². The summed E-state index contributed by atoms with van der Waals surface area (Å²) in [5.41, 5.74) is 3.89. The smallest absolute Gasteiger partial charge is 0.414 e. The molecular weight excluding hydrogens is 385 g/mol. The second-order valence-corrected chi connectivity index (χ2v) is 7.12. The molecule has 1 fully saturated rings. The van der Waals surface area contributed by atoms with Gasteiger partial charge < -0.3 is 15.2 Å². The zero-order valence-corrected chi connectivity index (χ0v) is 16.3. The lowest BCUT2D eigenvalue weighted by molar-refractivity contribution is 0.0963. The van der Waals surface area contributed by atoms with Crippen molar-refractivity contribution in [1.82, 2.24) is 10.3 Å². The van der Waals surface area contributed by atoms with Crippen LogP contribution in [0.4, 0.5) is 14.9 Å². The summed E-state index contributed by atoms with van der Waals surface area (Å²) in [5.74, 6) is -0.420. The van der Waals surface area contributed by atoms with Gasteiger partial charge in [-0.15, -0.1) is 0 Å². The van der Waals surface area contributed by atoms with E-state index >= 15 is 0 Å². The van der Waals surface area contributed by atoms with Crippen LogP contribution in [0, 0.1) is 5.82 Å². The Morgan fingerprint density at radius 2 is 1.77 bits per heavy atom. The van der Waals surface area contributed by atoms with Crippen LogP contribution < -0.4 is 10.2 Å². The van der Waals surface area contributed by atoms with Crippen LogP contribution in [0.15, 0.2) is 67.0 Å². The maximum Gasteiger partial charge on any atom is 0.414 e. The molecule has 1 saturated heterocycles. The summed E-state index contributed by atoms with van der Waals surface area (Å²) in [7, 11) is 0. The van der Waals surface area contributed by atoms with Gasteiger partial charge in [0.2, 0.25) is 0 Å². The van der Waals surface area contributed by atoms with Gasteiger partial charge in [-0.2, -0.15) is 0 Å². The third-order valence-electron chi connectivity index (χ3n) is 5.01. The SMILES string of the molecule is O=C1OC(CO)CN1c1ccc(-c2ccc(CNCc3ccncc3)cc2)c(F)c1. The minimum atomic E-state index is -0.583. The number of hydrogen-bond donors (Lipinski definition) is 2. The Hall–Kier alpha value is -3.29. The predicted molar refractivity (Wildman–Crippen MR) is 111 cm³/mol. The summed E-state index contributed by atoms with van der Waals surface area (Å²) in [6.45, 7) is 1.39. The van der Waals surface area contributed by atoms with E-state index in [0.717, 1.165) is 23.2 Å². The van der Waals surface area contributed by atoms with E-state index in [0.29, 0.717) is 17.8 Å². The average Bonchev–Trinajstić information content (AvgIpc) is 3.16. The van der Waals surface area contributed by atoms with Crippen LogP contribution in [0.3, 0.4) is 0 Å². The zero-order chi connectivity index (χ0) is 20.9. The third kappa shape index (κ3) is 4.48. The number of carbonyl (C=O) groups is 1. The highest BCUT2D eigenvalue weighted by molar-refractivity contribution is 5.90. The number of nitrogens with zero attached hydrogens (tertiary/aromatic N) is 2. The largest absolute Gasteiger partial charge is 0.441 e. The van der Waals surface area contributed by atoms with Crippen molar-refractivity contribution >= 4 is 11.8 Å². The average molecular weight is 407 g/mol. The quantitative estimate of drug-likeness (QED) is 0.627. The van der Waals surface area contributed by atoms with E-state index < -0.39 is 18.0 Å². The number of anilines is 1. The van der Waals surface area contributed by atoms with Crippen LogP contribution in [0.25, 0.3) is 11.1 Å². The highest BCUT2D eigenvalue weighted by atomic mass is 19.1. The number of rotatable bonds is 7. The summed E-state index contributed by atoms with van der Waals surface area (Å²) in [5, 5.41) is 12.5. The van der Waals surface area contributed by atoms with E-state index in [9.17, 15) is 9.18 Å². The molecule has 1 atom stereocenters. The molecule has 2 heterocycles. The molecule has 1 aliphatic rings. The molecule has 0 saturated carbocycles. The molecule has 2 N–H and O–H groups in total. The van der Waals surface area contributed by atoms with Crippen LogP contribution in [-0.2, 0) is 17.8 Å². The highest BCUT2D eigenvalue weighted by Crippen LogP contribution is 2.29. The van der Waals surface area contributed by atoms with Gasteiger partial charge in [0.1, 0.15) is 11.9 Å². The van der Waals surface area contributed by atoms with Gasteiger partial charge in [0.25, 0.3) is 0 Å². The number of cyclic esters (lactones) is 1. The number of pyridine rings is 1. The zero-order valence-electron chi connectivity index (χ0n) is 16.3. The van der Waals surface area contributed by atoms with E-state index in [4.69, 9.17) is 9.84 Å². The Kier molecular flexibility index (Phi) is 6.02. The first kappa shape index (κ1) is 20.0. The lowest BCUT2D eigenvalue weighted by Crippen LogP contribution is -2.25. The monoisotopic (exact) mass is 407 g/mol. The van der Waals surface area contributed by atoms with Gasteiger partial charge in [-0.25, -0.2) is 9.18 Å². The normalized spacial score (nSPS) is 16.0. The minimum Gasteiger partial charge on any atom is -0.441 e. The van der Waals surface area contributed by atoms with Crippen molar-refractivity contribution in [3.05, 3.63) is 83.9 Å². The predicted octanol–water partition coefficient (Wildman–Crippen LogP) is 3.50. The molecule has 1 aliphatic heterocycles. The van der Waals surface area contributed by atoms with Gasteiger partial charge in [0.05, 0.1) is 18.8 Å². The molecule has 0 spiro atoms. The number of aliphatic hydroxyl groups excluding tert-OH is 1. The van der Waals surface area contributed by atoms with Crippen molar-refractivity contribution in [2.75, 3.05) is 18.1 Å². The fraction of sp³-hybridized carbons (Fsp3) is 0.217. The first-order valence-electron chi connectivity index (χ1n) is 9.71. The summed E-state index contributed by atoms with van der Waals surface area (Å²) >= 11 is 0. The van der Waals surface area contributed by atoms with Crippen LogP contribution in [0.1, 0.15) is 11.1 Å². The van der Waals surface area contributed by atoms with E-state index in [1.807, 2.05) is 36.4 Å². The van der Waals surface area contributed by atoms with Gasteiger partial charge in [-0.05, 0) is 47.0 Å². The van der Waals surface area contributed by atoms with Crippen molar-refractivity contribution in [2.24, 2.45) is 0 Å². The number of benzene rings is 2. The molecule has 0 radical (unpaired) electrons. The fourth-order valence-electron chi connectivity index (χ4n) is 3.39. The standard InChI is InChI=1S/C23H22FN3O3/c24-22-11-19(27-14-20(15-28)30-23(27)29)5-6-21(22)18-3-1-16(2-4-18)12-26-13-17-7-9-25-10-8-17/h1-11,20,26,28H,12-15H2. The maximum absolute atomic E-state index is 14.7. The van der Waals surface area contributed by atoms with E-state index in [1.54, 1.807) is 24.5 Å². The molecular formula is C23H22FN3O3. The Labute approximate surface area is 173 Å². The van der Waals surface area contributed by atoms with Crippen molar-refractivity contribution in [3.63, 3.8) is 0 Å². The topological polar surface area (TPSA) is 74.7 Å². The Bertz CT molecular complexity index is 1010. The van der Waals surface area contributed by atoms with Gasteiger partial charge in [0.15, 0.2) is 0 Å². The van der Waals surface area contributed by atoms with Crippen molar-refractivity contribution in [2.45, 2.75) is 19.2 Å². The maximum atomic E-state index is 14.7. The molecule has 30 heavy (non-hydrogen) atoms. The lowest BCUT2D eigenvalue weighted by atomic mass is 10.0. The fourth-order valence-corrected chi connectivity index (χ4v) is 3.39. The van der Waals surface area contributed by atoms with E-state index in [-0.39, 0.29) is 13.2 Å². The summed E-state index contributed by atoms with van der Waals surface area (Å²) in [6.07, 6.45) is 2.37. The van der Waals surface area contributed by atoms with Crippen LogP contribution in [0.2, 0.25) is 0 Å². The van der Waals surface area contributed by atoms with Crippen LogP contribution >= 0.6 is 0 Å². The van der Waals surface area contributed by atoms with Crippen LogP contribution in [-0.4, -0.2) is 35.4 Å². The molecule has 1 aromatic heterocycles. The van der Waals surface area contributed by atoms with Gasteiger partial charge in [-0.1, -0.05) is 24.3 Å². The number of halogens is 1. The third-order valence-corrected chi connectivity index (χ3v) is 5.01. The summed E-state index contributed by atoms with van der Waals surface area (Å²) in [6, 6.07) is 16.3. The Morgan fingerprint density at radius 1 is 1.07 bits per heavy atom. The molecule has 1 amide bonds. The molecule has 0 aliphatic carbocycles. The lowest BCUT2D eigenvalue weighted by Gasteiger charge is -2.14. The molecule has 6 nitrogen and oxygen atoms in total. The summed E-state index contributed by atoms with van der Waals surface area (Å²) < 4.78 is 19.8. The van der Waals surface area contributed by atoms with E-state index in [1.165, 1.54) is 11.0 Å². The summed E-state index contributed by atoms with van der Waals surface area (Å²) in [4.78, 5) is 17.2. The first-order valence-corrected chi connectivity index (χ1v) is 9.71. The molecule has 7 heteroatoms. The number of nitrogens with one attached hydrogen (secondary N) is 1. The Morgan fingerprint density at radius 3 is 2.40 bits per heavy atom. The molecule has 0 bridgehead atoms. The second-order valence-electron chi connectivity index (χ2n) is 7.12. The van der Waals surface area contributed by atoms with Gasteiger partial charge in [-0.3, -0.25) is 9.88 Å². The number of amides is 1. The first-order chi connectivity index (χ1) is 14.6. The highest BCUT2D eigenvalue weighted by Gasteiger charge is 2.32. The number of ether oxygens (including phenoxy) is 1. The van der Waals surface area contributed by atoms with Crippen molar-refractivity contribution < 1.29 is 19.0 Å². The van der Waals surface area contributed by atoms with Crippen molar-refractivity contribution in [3.8, 4) is 11.1 Å². The molecule has 4 rings (SSSR count). The molecule has 154 valence electrons. The number of hydrogen-bond acceptors (Lipinski definition) is 5. The number of aromatic nitrogens is 1. The van der Waals surface area contributed by atoms with E-state index in [2.05, 4.69) is 10.3 Å². The molecule has 2 aromatic carbocycles. The van der Waals surface area contributed by atoms with Gasteiger partial charge in [0, 0.05) is 31.0 Å². The molecule has 3 aromatic rings. The Balaban J connectivity index is 1.41. The number of aliphatic hydroxyl groups is 1.